The lowest BCUT2D eigenvalue weighted by atomic mass is 10.1. The van der Waals surface area contributed by atoms with Crippen molar-refractivity contribution in [2.24, 2.45) is 0 Å². The minimum absolute atomic E-state index is 0.0820. The third-order valence-corrected chi connectivity index (χ3v) is 2.90. The molecule has 2 aromatic carbocycles. The highest BCUT2D eigenvalue weighted by Crippen LogP contribution is 2.20. The summed E-state index contributed by atoms with van der Waals surface area (Å²) < 4.78 is 0. The van der Waals surface area contributed by atoms with E-state index in [1.807, 2.05) is 49.4 Å². The summed E-state index contributed by atoms with van der Waals surface area (Å²) in [7, 11) is 0. The average molecular weight is 242 g/mol. The molecule has 2 rings (SSSR count). The molecule has 2 aromatic rings. The van der Waals surface area contributed by atoms with Crippen LogP contribution in [0.4, 0.5) is 11.4 Å². The zero-order chi connectivity index (χ0) is 13.0. The van der Waals surface area contributed by atoms with Gasteiger partial charge in [0, 0.05) is 6.54 Å². The molecule has 0 atom stereocenters. The fourth-order valence-corrected chi connectivity index (χ4v) is 1.80. The monoisotopic (exact) mass is 242 g/mol. The van der Waals surface area contributed by atoms with Gasteiger partial charge in [0.05, 0.1) is 18.0 Å². The summed E-state index contributed by atoms with van der Waals surface area (Å²) in [5.41, 5.74) is 10.9. The number of hydrogen-bond acceptors (Lipinski definition) is 3. The summed E-state index contributed by atoms with van der Waals surface area (Å²) in [6.45, 7) is 2.82. The van der Waals surface area contributed by atoms with E-state index in [0.717, 1.165) is 34.6 Å². The molecule has 18 heavy (non-hydrogen) atoms. The topological polar surface area (TPSA) is 58.3 Å². The molecule has 3 nitrogen and oxygen atoms in total. The highest BCUT2D eigenvalue weighted by atomic mass is 16.3. The number of benzene rings is 2. The van der Waals surface area contributed by atoms with E-state index in [1.54, 1.807) is 0 Å². The second kappa shape index (κ2) is 5.56. The standard InChI is InChI=1S/C15H18N2O/c1-11-2-7-15(14(16)8-11)17-9-12-3-5-13(10-18)6-4-12/h2-8,17-18H,9-10,16H2,1H3. The van der Waals surface area contributed by atoms with Crippen molar-refractivity contribution < 1.29 is 5.11 Å². The van der Waals surface area contributed by atoms with Crippen molar-refractivity contribution in [3.8, 4) is 0 Å². The molecule has 4 N–H and O–H groups in total. The summed E-state index contributed by atoms with van der Waals surface area (Å²) in [6.07, 6.45) is 0. The zero-order valence-corrected chi connectivity index (χ0v) is 10.5. The molecular formula is C15H18N2O. The first-order chi connectivity index (χ1) is 8.69. The van der Waals surface area contributed by atoms with Crippen LogP contribution in [0.5, 0.6) is 0 Å². The molecule has 0 fully saturated rings. The quantitative estimate of drug-likeness (QED) is 0.722. The number of hydrogen-bond donors (Lipinski definition) is 3. The first-order valence-corrected chi connectivity index (χ1v) is 5.97. The summed E-state index contributed by atoms with van der Waals surface area (Å²) in [4.78, 5) is 0. The Kier molecular flexibility index (Phi) is 3.85. The van der Waals surface area contributed by atoms with Gasteiger partial charge in [0.2, 0.25) is 0 Å². The van der Waals surface area contributed by atoms with Crippen LogP contribution in [0, 0.1) is 6.92 Å². The van der Waals surface area contributed by atoms with Crippen LogP contribution in [-0.4, -0.2) is 5.11 Å². The van der Waals surface area contributed by atoms with Crippen molar-refractivity contribution in [2.75, 3.05) is 11.1 Å². The maximum absolute atomic E-state index is 8.97. The van der Waals surface area contributed by atoms with Gasteiger partial charge in [-0.15, -0.1) is 0 Å². The minimum atomic E-state index is 0.0820. The molecule has 0 aliphatic heterocycles. The number of rotatable bonds is 4. The van der Waals surface area contributed by atoms with Gasteiger partial charge in [0.15, 0.2) is 0 Å². The number of aliphatic hydroxyl groups is 1. The first-order valence-electron chi connectivity index (χ1n) is 5.97. The Balaban J connectivity index is 2.02. The molecule has 0 aliphatic rings. The van der Waals surface area contributed by atoms with Gasteiger partial charge in [-0.3, -0.25) is 0 Å². The molecule has 0 aliphatic carbocycles. The Hall–Kier alpha value is -2.00. The largest absolute Gasteiger partial charge is 0.397 e. The van der Waals surface area contributed by atoms with Crippen molar-refractivity contribution in [1.29, 1.82) is 0 Å². The molecule has 0 amide bonds. The van der Waals surface area contributed by atoms with Gasteiger partial charge >= 0.3 is 0 Å². The third-order valence-electron chi connectivity index (χ3n) is 2.90. The molecule has 3 heteroatoms. The summed E-state index contributed by atoms with van der Waals surface area (Å²) >= 11 is 0. The Morgan fingerprint density at radius 2 is 1.72 bits per heavy atom. The van der Waals surface area contributed by atoms with E-state index in [2.05, 4.69) is 5.32 Å². The maximum Gasteiger partial charge on any atom is 0.0681 e. The molecule has 0 radical (unpaired) electrons. The summed E-state index contributed by atoms with van der Waals surface area (Å²) in [6, 6.07) is 13.8. The second-order valence-corrected chi connectivity index (χ2v) is 4.42. The lowest BCUT2D eigenvalue weighted by molar-refractivity contribution is 0.282. The minimum Gasteiger partial charge on any atom is -0.397 e. The lowest BCUT2D eigenvalue weighted by Gasteiger charge is -2.10. The van der Waals surface area contributed by atoms with Crippen LogP contribution in [-0.2, 0) is 13.2 Å². The number of aryl methyl sites for hydroxylation is 1. The van der Waals surface area contributed by atoms with Gasteiger partial charge in [-0.25, -0.2) is 0 Å². The number of nitrogens with two attached hydrogens (primary N) is 1. The van der Waals surface area contributed by atoms with Gasteiger partial charge in [0.1, 0.15) is 0 Å². The molecule has 0 saturated heterocycles. The molecule has 94 valence electrons. The fourth-order valence-electron chi connectivity index (χ4n) is 1.80. The van der Waals surface area contributed by atoms with E-state index in [4.69, 9.17) is 10.8 Å². The van der Waals surface area contributed by atoms with Crippen LogP contribution in [0.1, 0.15) is 16.7 Å². The first kappa shape index (κ1) is 12.5. The Labute approximate surface area is 107 Å². The molecule has 0 bridgehead atoms. The van der Waals surface area contributed by atoms with Crippen molar-refractivity contribution in [2.45, 2.75) is 20.1 Å². The Morgan fingerprint density at radius 3 is 2.33 bits per heavy atom. The predicted molar refractivity (Wildman–Crippen MR) is 75.3 cm³/mol. The van der Waals surface area contributed by atoms with Crippen LogP contribution < -0.4 is 11.1 Å². The van der Waals surface area contributed by atoms with E-state index in [0.29, 0.717) is 0 Å². The van der Waals surface area contributed by atoms with Gasteiger partial charge in [0.25, 0.3) is 0 Å². The average Bonchev–Trinajstić information content (AvgIpc) is 2.38. The van der Waals surface area contributed by atoms with Gasteiger partial charge in [-0.1, -0.05) is 30.3 Å². The molecular weight excluding hydrogens is 224 g/mol. The smallest absolute Gasteiger partial charge is 0.0681 e. The Morgan fingerprint density at radius 1 is 1.06 bits per heavy atom. The number of anilines is 2. The van der Waals surface area contributed by atoms with E-state index in [9.17, 15) is 0 Å². The predicted octanol–water partition coefficient (Wildman–Crippen LogP) is 2.68. The Bertz CT molecular complexity index is 521. The summed E-state index contributed by atoms with van der Waals surface area (Å²) in [5, 5.41) is 12.3. The van der Waals surface area contributed by atoms with Gasteiger partial charge in [-0.2, -0.15) is 0 Å². The van der Waals surface area contributed by atoms with Gasteiger partial charge < -0.3 is 16.2 Å². The van der Waals surface area contributed by atoms with Crippen LogP contribution in [0.15, 0.2) is 42.5 Å². The normalized spacial score (nSPS) is 10.3. The highest BCUT2D eigenvalue weighted by molar-refractivity contribution is 5.66. The highest BCUT2D eigenvalue weighted by Gasteiger charge is 1.99. The van der Waals surface area contributed by atoms with Crippen LogP contribution in [0.2, 0.25) is 0 Å². The zero-order valence-electron chi connectivity index (χ0n) is 10.5. The van der Waals surface area contributed by atoms with Crippen molar-refractivity contribution >= 4 is 11.4 Å². The molecule has 0 heterocycles. The van der Waals surface area contributed by atoms with E-state index in [1.165, 1.54) is 0 Å². The molecule has 0 spiro atoms. The lowest BCUT2D eigenvalue weighted by Crippen LogP contribution is -2.02. The van der Waals surface area contributed by atoms with Crippen molar-refractivity contribution in [3.63, 3.8) is 0 Å². The third kappa shape index (κ3) is 3.02. The molecule has 0 unspecified atom stereocenters. The van der Waals surface area contributed by atoms with Crippen LogP contribution in [0.3, 0.4) is 0 Å². The number of aliphatic hydroxyl groups excluding tert-OH is 1. The van der Waals surface area contributed by atoms with Crippen molar-refractivity contribution in [1.82, 2.24) is 0 Å². The van der Waals surface area contributed by atoms with E-state index in [-0.39, 0.29) is 6.61 Å². The van der Waals surface area contributed by atoms with E-state index < -0.39 is 0 Å². The second-order valence-electron chi connectivity index (χ2n) is 4.42. The van der Waals surface area contributed by atoms with Gasteiger partial charge in [-0.05, 0) is 35.7 Å². The number of nitrogen functional groups attached to an aromatic ring is 1. The number of nitrogens with one attached hydrogen (secondary N) is 1. The SMILES string of the molecule is Cc1ccc(NCc2ccc(CO)cc2)c(N)c1. The maximum atomic E-state index is 8.97. The summed E-state index contributed by atoms with van der Waals surface area (Å²) in [5.74, 6) is 0. The van der Waals surface area contributed by atoms with E-state index >= 15 is 0 Å². The molecule has 0 aromatic heterocycles. The van der Waals surface area contributed by atoms with Crippen LogP contribution in [0.25, 0.3) is 0 Å². The van der Waals surface area contributed by atoms with Crippen molar-refractivity contribution in [3.05, 3.63) is 59.2 Å². The van der Waals surface area contributed by atoms with Crippen LogP contribution >= 0.6 is 0 Å². The molecule has 0 saturated carbocycles. The fraction of sp³-hybridized carbons (Fsp3) is 0.200.